The summed E-state index contributed by atoms with van der Waals surface area (Å²) in [5, 5.41) is 0.621. The number of benzene rings is 1. The number of halogens is 1. The smallest absolute Gasteiger partial charge is 0.263 e. The molecule has 0 atom stereocenters. The van der Waals surface area contributed by atoms with Crippen molar-refractivity contribution in [2.75, 3.05) is 13.1 Å². The molecular formula is C20H20BrN3O2S. The Morgan fingerprint density at radius 3 is 2.59 bits per heavy atom. The Morgan fingerprint density at radius 2 is 1.93 bits per heavy atom. The zero-order chi connectivity index (χ0) is 19.0. The maximum Gasteiger partial charge on any atom is 0.263 e. The van der Waals surface area contributed by atoms with Crippen LogP contribution in [-0.2, 0) is 17.8 Å². The van der Waals surface area contributed by atoms with Crippen LogP contribution in [0.2, 0.25) is 0 Å². The summed E-state index contributed by atoms with van der Waals surface area (Å²) < 4.78 is 2.45. The lowest BCUT2D eigenvalue weighted by molar-refractivity contribution is -0.130. The van der Waals surface area contributed by atoms with Crippen LogP contribution in [0.5, 0.6) is 0 Å². The molecule has 1 amide bonds. The van der Waals surface area contributed by atoms with Crippen LogP contribution >= 0.6 is 27.3 Å². The zero-order valence-corrected chi connectivity index (χ0v) is 17.5. The van der Waals surface area contributed by atoms with Crippen molar-refractivity contribution in [3.63, 3.8) is 0 Å². The fourth-order valence-corrected chi connectivity index (χ4v) is 4.92. The highest BCUT2D eigenvalue weighted by Crippen LogP contribution is 2.36. The van der Waals surface area contributed by atoms with Crippen molar-refractivity contribution in [3.05, 3.63) is 50.3 Å². The first-order valence-electron chi connectivity index (χ1n) is 9.13. The largest absolute Gasteiger partial charge is 0.341 e. The molecule has 1 aromatic carbocycles. The van der Waals surface area contributed by atoms with Crippen molar-refractivity contribution >= 4 is 43.4 Å². The average molecular weight is 446 g/mol. The molecule has 7 heteroatoms. The summed E-state index contributed by atoms with van der Waals surface area (Å²) in [6, 6.07) is 7.97. The highest BCUT2D eigenvalue weighted by atomic mass is 79.9. The third-order valence-electron chi connectivity index (χ3n) is 4.97. The topological polar surface area (TPSA) is 55.2 Å². The second kappa shape index (κ2) is 7.56. The minimum atomic E-state index is -0.138. The fourth-order valence-electron chi connectivity index (χ4n) is 3.57. The van der Waals surface area contributed by atoms with E-state index in [9.17, 15) is 9.59 Å². The molecule has 27 heavy (non-hydrogen) atoms. The number of thiophene rings is 1. The molecule has 0 unspecified atom stereocenters. The molecule has 5 nitrogen and oxygen atoms in total. The molecule has 1 aliphatic heterocycles. The Morgan fingerprint density at radius 1 is 1.22 bits per heavy atom. The maximum atomic E-state index is 13.2. The third kappa shape index (κ3) is 3.46. The SMILES string of the molecule is CCc1sc2ncn(CC(=O)N3CCCC3)c(=O)c2c1-c1ccc(Br)cc1. The van der Waals surface area contributed by atoms with E-state index in [1.165, 1.54) is 10.9 Å². The van der Waals surface area contributed by atoms with Crippen LogP contribution in [0.25, 0.3) is 21.3 Å². The summed E-state index contributed by atoms with van der Waals surface area (Å²) in [5.74, 6) is -0.00751. The molecule has 0 spiro atoms. The second-order valence-corrected chi connectivity index (χ2v) is 8.71. The summed E-state index contributed by atoms with van der Waals surface area (Å²) in [6.07, 6.45) is 4.42. The monoisotopic (exact) mass is 445 g/mol. The second-order valence-electron chi connectivity index (χ2n) is 6.71. The summed E-state index contributed by atoms with van der Waals surface area (Å²) in [4.78, 5) is 33.9. The van der Waals surface area contributed by atoms with Gasteiger partial charge in [0.2, 0.25) is 5.91 Å². The van der Waals surface area contributed by atoms with E-state index in [0.29, 0.717) is 5.39 Å². The zero-order valence-electron chi connectivity index (χ0n) is 15.1. The van der Waals surface area contributed by atoms with Crippen molar-refractivity contribution < 1.29 is 4.79 Å². The average Bonchev–Trinajstić information content (AvgIpc) is 3.32. The van der Waals surface area contributed by atoms with Crippen molar-refractivity contribution in [1.82, 2.24) is 14.5 Å². The van der Waals surface area contributed by atoms with Gasteiger partial charge in [-0.1, -0.05) is 35.0 Å². The maximum absolute atomic E-state index is 13.2. The molecule has 2 aromatic heterocycles. The number of rotatable bonds is 4. The number of hydrogen-bond acceptors (Lipinski definition) is 4. The van der Waals surface area contributed by atoms with Crippen molar-refractivity contribution in [2.24, 2.45) is 0 Å². The van der Waals surface area contributed by atoms with Gasteiger partial charge in [0.1, 0.15) is 11.4 Å². The summed E-state index contributed by atoms with van der Waals surface area (Å²) in [6.45, 7) is 3.71. The summed E-state index contributed by atoms with van der Waals surface area (Å²) >= 11 is 5.02. The minimum Gasteiger partial charge on any atom is -0.341 e. The van der Waals surface area contributed by atoms with E-state index >= 15 is 0 Å². The number of fused-ring (bicyclic) bond motifs is 1. The van der Waals surface area contributed by atoms with Gasteiger partial charge in [0, 0.05) is 28.0 Å². The van der Waals surface area contributed by atoms with Crippen LogP contribution < -0.4 is 5.56 Å². The van der Waals surface area contributed by atoms with E-state index < -0.39 is 0 Å². The lowest BCUT2D eigenvalue weighted by Gasteiger charge is -2.15. The molecule has 1 saturated heterocycles. The van der Waals surface area contributed by atoms with Crippen molar-refractivity contribution in [1.29, 1.82) is 0 Å². The Bertz CT molecular complexity index is 1050. The van der Waals surface area contributed by atoms with Gasteiger partial charge in [-0.05, 0) is 37.0 Å². The van der Waals surface area contributed by atoms with Gasteiger partial charge < -0.3 is 4.90 Å². The van der Waals surface area contributed by atoms with Gasteiger partial charge >= 0.3 is 0 Å². The number of carbonyl (C=O) groups excluding carboxylic acids is 1. The summed E-state index contributed by atoms with van der Waals surface area (Å²) in [7, 11) is 0. The van der Waals surface area contributed by atoms with Crippen LogP contribution in [0, 0.1) is 0 Å². The Labute approximate surface area is 169 Å². The van der Waals surface area contributed by atoms with Gasteiger partial charge in [-0.2, -0.15) is 0 Å². The molecule has 1 fully saturated rings. The van der Waals surface area contributed by atoms with Gasteiger partial charge in [0.15, 0.2) is 0 Å². The third-order valence-corrected chi connectivity index (χ3v) is 6.74. The van der Waals surface area contributed by atoms with Crippen molar-refractivity contribution in [2.45, 2.75) is 32.7 Å². The van der Waals surface area contributed by atoms with Gasteiger partial charge in [-0.25, -0.2) is 4.98 Å². The summed E-state index contributed by atoms with van der Waals surface area (Å²) in [5.41, 5.74) is 1.82. The Kier molecular flexibility index (Phi) is 5.14. The molecular weight excluding hydrogens is 426 g/mol. The Balaban J connectivity index is 1.81. The van der Waals surface area contributed by atoms with Crippen LogP contribution in [0.1, 0.15) is 24.6 Å². The molecule has 0 bridgehead atoms. The number of amides is 1. The van der Waals surface area contributed by atoms with E-state index in [0.717, 1.165) is 57.7 Å². The highest BCUT2D eigenvalue weighted by Gasteiger charge is 2.21. The molecule has 0 radical (unpaired) electrons. The van der Waals surface area contributed by atoms with Gasteiger partial charge in [-0.3, -0.25) is 14.2 Å². The first-order chi connectivity index (χ1) is 13.1. The van der Waals surface area contributed by atoms with Gasteiger partial charge in [0.25, 0.3) is 5.56 Å². The minimum absolute atomic E-state index is 0.00751. The molecule has 1 aliphatic rings. The van der Waals surface area contributed by atoms with E-state index in [-0.39, 0.29) is 18.0 Å². The molecule has 3 heterocycles. The lowest BCUT2D eigenvalue weighted by atomic mass is 10.0. The molecule has 4 rings (SSSR count). The number of likely N-dealkylation sites (tertiary alicyclic amines) is 1. The number of hydrogen-bond donors (Lipinski definition) is 0. The van der Waals surface area contributed by atoms with Crippen LogP contribution in [0.3, 0.4) is 0 Å². The number of aromatic nitrogens is 2. The van der Waals surface area contributed by atoms with E-state index in [2.05, 4.69) is 27.8 Å². The molecule has 0 N–H and O–H groups in total. The molecule has 140 valence electrons. The predicted octanol–water partition coefficient (Wildman–Crippen LogP) is 4.07. The van der Waals surface area contributed by atoms with Crippen molar-refractivity contribution in [3.8, 4) is 11.1 Å². The predicted molar refractivity (Wildman–Crippen MR) is 112 cm³/mol. The standard InChI is InChI=1S/C20H20BrN3O2S/c1-2-15-17(13-5-7-14(21)8-6-13)18-19(27-15)22-12-24(20(18)26)11-16(25)23-9-3-4-10-23/h5-8,12H,2-4,9-11H2,1H3. The van der Waals surface area contributed by atoms with Gasteiger partial charge in [0.05, 0.1) is 11.7 Å². The van der Waals surface area contributed by atoms with E-state index in [1.54, 1.807) is 11.3 Å². The normalized spacial score (nSPS) is 14.2. The van der Waals surface area contributed by atoms with Crippen LogP contribution in [-0.4, -0.2) is 33.4 Å². The molecule has 0 saturated carbocycles. The quantitative estimate of drug-likeness (QED) is 0.607. The van der Waals surface area contributed by atoms with Crippen LogP contribution in [0.4, 0.5) is 0 Å². The van der Waals surface area contributed by atoms with E-state index in [4.69, 9.17) is 0 Å². The molecule has 0 aliphatic carbocycles. The lowest BCUT2D eigenvalue weighted by Crippen LogP contribution is -2.34. The first-order valence-corrected chi connectivity index (χ1v) is 10.7. The highest BCUT2D eigenvalue weighted by molar-refractivity contribution is 9.10. The molecule has 3 aromatic rings. The number of aryl methyl sites for hydroxylation is 1. The Hall–Kier alpha value is -1.99. The van der Waals surface area contributed by atoms with E-state index in [1.807, 2.05) is 29.2 Å². The van der Waals surface area contributed by atoms with Crippen LogP contribution in [0.15, 0.2) is 39.9 Å². The first kappa shape index (κ1) is 18.4. The number of nitrogens with zero attached hydrogens (tertiary/aromatic N) is 3. The van der Waals surface area contributed by atoms with Gasteiger partial charge in [-0.15, -0.1) is 11.3 Å². The number of carbonyl (C=O) groups is 1. The fraction of sp³-hybridized carbons (Fsp3) is 0.350.